The Morgan fingerprint density at radius 3 is 1.81 bits per heavy atom. The van der Waals surface area contributed by atoms with E-state index in [-0.39, 0.29) is 36.0 Å². The number of nitrogens with one attached hydrogen (secondary N) is 2. The second kappa shape index (κ2) is 15.9. The minimum Gasteiger partial charge on any atom is -0.457 e. The van der Waals surface area contributed by atoms with Gasteiger partial charge in [0.1, 0.15) is 23.6 Å². The van der Waals surface area contributed by atoms with E-state index >= 15 is 0 Å². The Labute approximate surface area is 311 Å². The number of para-hydroxylation sites is 1. The van der Waals surface area contributed by atoms with Crippen LogP contribution in [-0.2, 0) is 4.79 Å². The molecular formula is C42H36F3N6O2P. The lowest BCUT2D eigenvalue weighted by molar-refractivity contribution is -0.186. The highest BCUT2D eigenvalue weighted by molar-refractivity contribution is 7.87. The van der Waals surface area contributed by atoms with Crippen LogP contribution in [0.4, 0.5) is 24.8 Å². The van der Waals surface area contributed by atoms with Gasteiger partial charge in [0.2, 0.25) is 0 Å². The van der Waals surface area contributed by atoms with Gasteiger partial charge in [-0.25, -0.2) is 14.7 Å². The maximum absolute atomic E-state index is 13.4. The first-order chi connectivity index (χ1) is 26.2. The largest absolute Gasteiger partial charge is 0.471 e. The molecule has 1 saturated heterocycles. The summed E-state index contributed by atoms with van der Waals surface area (Å²) < 4.78 is 51.9. The maximum Gasteiger partial charge on any atom is 0.471 e. The Morgan fingerprint density at radius 1 is 0.759 bits per heavy atom. The fraction of sp³-hybridized carbons (Fsp3) is 0.143. The van der Waals surface area contributed by atoms with E-state index < -0.39 is 25.2 Å². The fourth-order valence-electron chi connectivity index (χ4n) is 6.60. The zero-order valence-electron chi connectivity index (χ0n) is 29.0. The van der Waals surface area contributed by atoms with Crippen molar-refractivity contribution in [3.05, 3.63) is 163 Å². The second-order valence-corrected chi connectivity index (χ2v) is 15.7. The van der Waals surface area contributed by atoms with Crippen molar-refractivity contribution in [2.45, 2.75) is 25.1 Å². The molecule has 1 aliphatic heterocycles. The third-order valence-corrected chi connectivity index (χ3v) is 12.8. The fourth-order valence-corrected chi connectivity index (χ4v) is 10.1. The zero-order chi connectivity index (χ0) is 37.5. The van der Waals surface area contributed by atoms with E-state index in [2.05, 4.69) is 10.3 Å². The van der Waals surface area contributed by atoms with Gasteiger partial charge in [0, 0.05) is 40.6 Å². The van der Waals surface area contributed by atoms with Crippen molar-refractivity contribution in [2.24, 2.45) is 4.74 Å². The van der Waals surface area contributed by atoms with Crippen LogP contribution in [0.25, 0.3) is 0 Å². The van der Waals surface area contributed by atoms with Crippen molar-refractivity contribution in [1.29, 1.82) is 5.41 Å². The van der Waals surface area contributed by atoms with Gasteiger partial charge in [-0.3, -0.25) is 10.2 Å². The van der Waals surface area contributed by atoms with Gasteiger partial charge in [0.25, 0.3) is 0 Å². The third-order valence-electron chi connectivity index (χ3n) is 9.13. The van der Waals surface area contributed by atoms with Gasteiger partial charge in [0.15, 0.2) is 5.82 Å². The van der Waals surface area contributed by atoms with E-state index in [0.717, 1.165) is 20.8 Å². The molecule has 2 N–H and O–H groups in total. The number of ether oxygens (including phenoxy) is 1. The number of alkyl halides is 3. The number of benzene rings is 5. The number of rotatable bonds is 10. The predicted molar refractivity (Wildman–Crippen MR) is 207 cm³/mol. The Morgan fingerprint density at radius 2 is 1.28 bits per heavy atom. The summed E-state index contributed by atoms with van der Waals surface area (Å²) in [4.78, 5) is 22.3. The van der Waals surface area contributed by atoms with Gasteiger partial charge in [-0.1, -0.05) is 109 Å². The third kappa shape index (κ3) is 7.82. The molecule has 1 atom stereocenters. The molecule has 0 spiro atoms. The molecule has 0 aliphatic carbocycles. The number of hydrogen-bond donors (Lipinski definition) is 2. The Kier molecular flexibility index (Phi) is 10.7. The summed E-state index contributed by atoms with van der Waals surface area (Å²) >= 11 is 0. The molecule has 12 heteroatoms. The van der Waals surface area contributed by atoms with Gasteiger partial charge >= 0.3 is 12.1 Å². The van der Waals surface area contributed by atoms with E-state index in [0.29, 0.717) is 29.9 Å². The quantitative estimate of drug-likeness (QED) is 0.108. The first-order valence-corrected chi connectivity index (χ1v) is 19.2. The number of nitrogens with zero attached hydrogens (tertiary/aromatic N) is 4. The average Bonchev–Trinajstić information content (AvgIpc) is 3.21. The molecule has 6 aromatic rings. The second-order valence-electron chi connectivity index (χ2n) is 12.7. The molecule has 0 bridgehead atoms. The molecule has 5 aromatic carbocycles. The smallest absolute Gasteiger partial charge is 0.457 e. The van der Waals surface area contributed by atoms with Crippen LogP contribution in [0.5, 0.6) is 11.5 Å². The van der Waals surface area contributed by atoms with Crippen LogP contribution in [0, 0.1) is 5.41 Å². The predicted octanol–water partition coefficient (Wildman–Crippen LogP) is 8.46. The SMILES string of the molecule is N=C(c1ccc(Oc2ccccc2)cc1)c1c(N=P(c2ccccc2)(c2ccccc2)c2ccccc2)ncnc1N[C@@H]1CCCN(C(=O)C(F)(F)F)C1. The summed E-state index contributed by atoms with van der Waals surface area (Å²) in [5, 5.41) is 15.8. The van der Waals surface area contributed by atoms with Crippen molar-refractivity contribution in [3.8, 4) is 11.5 Å². The van der Waals surface area contributed by atoms with Crippen LogP contribution in [0.15, 0.2) is 157 Å². The molecule has 8 nitrogen and oxygen atoms in total. The number of halogens is 3. The molecule has 0 unspecified atom stereocenters. The van der Waals surface area contributed by atoms with Crippen molar-refractivity contribution in [3.63, 3.8) is 0 Å². The molecule has 272 valence electrons. The molecule has 1 aromatic heterocycles. The van der Waals surface area contributed by atoms with E-state index in [9.17, 15) is 23.4 Å². The molecule has 1 aliphatic rings. The Hall–Kier alpha value is -6.06. The van der Waals surface area contributed by atoms with Gasteiger partial charge in [0.05, 0.1) is 18.3 Å². The maximum atomic E-state index is 13.4. The van der Waals surface area contributed by atoms with E-state index in [1.807, 2.05) is 121 Å². The molecular weight excluding hydrogens is 708 g/mol. The number of amides is 1. The number of carbonyl (C=O) groups is 1. The standard InChI is InChI=1S/C42H36F3N6O2P/c43-42(44,45)41(52)51-27-13-14-31(28-51)49-39-37(38(46)30-23-25-33(26-24-30)53-32-15-5-1-6-16-32)40(48-29-47-39)50-54(34-17-7-2-8-18-34,35-19-9-3-10-20-35)36-21-11-4-12-22-36/h1-12,15-26,29,31,46H,13-14,27-28H2,(H,47,48,49)/t31-/m1/s1. The van der Waals surface area contributed by atoms with Crippen molar-refractivity contribution < 1.29 is 22.7 Å². The topological polar surface area (TPSA) is 104 Å². The number of piperidine rings is 1. The molecule has 1 fully saturated rings. The van der Waals surface area contributed by atoms with E-state index in [4.69, 9.17) is 14.5 Å². The number of anilines is 1. The summed E-state index contributed by atoms with van der Waals surface area (Å²) in [7, 11) is -2.87. The van der Waals surface area contributed by atoms with Gasteiger partial charge < -0.3 is 15.0 Å². The number of aromatic nitrogens is 2. The minimum absolute atomic E-state index is 0.000808. The zero-order valence-corrected chi connectivity index (χ0v) is 29.9. The summed E-state index contributed by atoms with van der Waals surface area (Å²) in [6.07, 6.45) is -2.77. The van der Waals surface area contributed by atoms with Crippen LogP contribution in [0.3, 0.4) is 0 Å². The van der Waals surface area contributed by atoms with Crippen molar-refractivity contribution in [2.75, 3.05) is 18.4 Å². The molecule has 0 radical (unpaired) electrons. The van der Waals surface area contributed by atoms with Crippen LogP contribution in [-0.4, -0.2) is 51.8 Å². The molecule has 2 heterocycles. The van der Waals surface area contributed by atoms with Gasteiger partial charge in [-0.15, -0.1) is 0 Å². The molecule has 0 saturated carbocycles. The average molecular weight is 745 g/mol. The molecule has 1 amide bonds. The number of carbonyl (C=O) groups excluding carboxylic acids is 1. The highest BCUT2D eigenvalue weighted by Gasteiger charge is 2.43. The van der Waals surface area contributed by atoms with E-state index in [1.165, 1.54) is 6.33 Å². The van der Waals surface area contributed by atoms with Crippen molar-refractivity contribution >= 4 is 46.2 Å². The lowest BCUT2D eigenvalue weighted by atomic mass is 10.0. The summed E-state index contributed by atoms with van der Waals surface area (Å²) in [6, 6.07) is 45.8. The summed E-state index contributed by atoms with van der Waals surface area (Å²) in [5.41, 5.74) is 0.848. The van der Waals surface area contributed by atoms with Crippen LogP contribution < -0.4 is 26.0 Å². The minimum atomic E-state index is -4.98. The number of hydrogen-bond acceptors (Lipinski definition) is 7. The first-order valence-electron chi connectivity index (χ1n) is 17.4. The lowest BCUT2D eigenvalue weighted by Crippen LogP contribution is -2.49. The monoisotopic (exact) mass is 744 g/mol. The highest BCUT2D eigenvalue weighted by atomic mass is 31.2. The molecule has 7 rings (SSSR count). The van der Waals surface area contributed by atoms with Gasteiger partial charge in [-0.2, -0.15) is 13.2 Å². The number of likely N-dealkylation sites (tertiary alicyclic amines) is 1. The first kappa shape index (κ1) is 36.3. The Balaban J connectivity index is 1.39. The summed E-state index contributed by atoms with van der Waals surface area (Å²) in [6.45, 7) is -0.179. The van der Waals surface area contributed by atoms with Crippen LogP contribution >= 0.6 is 7.05 Å². The highest BCUT2D eigenvalue weighted by Crippen LogP contribution is 2.50. The van der Waals surface area contributed by atoms with Crippen molar-refractivity contribution in [1.82, 2.24) is 14.9 Å². The lowest BCUT2D eigenvalue weighted by Gasteiger charge is -2.34. The summed E-state index contributed by atoms with van der Waals surface area (Å²) in [5.74, 6) is -0.161. The van der Waals surface area contributed by atoms with Crippen LogP contribution in [0.1, 0.15) is 24.0 Å². The van der Waals surface area contributed by atoms with Gasteiger partial charge in [-0.05, 0) is 49.2 Å². The normalized spacial score (nSPS) is 14.6. The van der Waals surface area contributed by atoms with E-state index in [1.54, 1.807) is 24.3 Å². The Bertz CT molecular complexity index is 2170. The van der Waals surface area contributed by atoms with Crippen LogP contribution in [0.2, 0.25) is 0 Å². The molecule has 54 heavy (non-hydrogen) atoms.